The van der Waals surface area contributed by atoms with E-state index in [0.717, 1.165) is 9.87 Å². The molecule has 2 atom stereocenters. The maximum Gasteiger partial charge on any atom is 0.416 e. The van der Waals surface area contributed by atoms with Gasteiger partial charge in [-0.2, -0.15) is 30.6 Å². The van der Waals surface area contributed by atoms with Gasteiger partial charge < -0.3 is 5.32 Å². The van der Waals surface area contributed by atoms with Gasteiger partial charge in [0.05, 0.1) is 17.2 Å². The smallest absolute Gasteiger partial charge is 0.349 e. The van der Waals surface area contributed by atoms with Crippen LogP contribution in [0.2, 0.25) is 0 Å². The summed E-state index contributed by atoms with van der Waals surface area (Å²) in [4.78, 5) is 10.7. The van der Waals surface area contributed by atoms with Crippen LogP contribution >= 0.6 is 0 Å². The number of nitrogens with one attached hydrogen (secondary N) is 2. The SMILES string of the molecule is C[C@@H](CC(=O)N[C@@H]1CCCc2cc(CN(C3CCCC3)S(=O)(=O)c3cc(C(F)(F)F)ccc3F)ccc21)NS(=O)(=O)c1cc(C(F)(F)F)ccc1F. The van der Waals surface area contributed by atoms with Crippen molar-refractivity contribution < 1.29 is 56.8 Å². The van der Waals surface area contributed by atoms with Crippen LogP contribution in [0.4, 0.5) is 35.1 Å². The molecule has 0 saturated heterocycles. The summed E-state index contributed by atoms with van der Waals surface area (Å²) in [5.74, 6) is -3.31. The number of sulfonamides is 2. The Bertz CT molecular complexity index is 2030. The van der Waals surface area contributed by atoms with E-state index in [1.54, 1.807) is 18.2 Å². The maximum atomic E-state index is 14.8. The number of hydrogen-bond donors (Lipinski definition) is 2. The molecule has 0 aliphatic heterocycles. The molecule has 284 valence electrons. The van der Waals surface area contributed by atoms with Crippen molar-refractivity contribution in [1.29, 1.82) is 0 Å². The average molecular weight is 782 g/mol. The van der Waals surface area contributed by atoms with Crippen molar-refractivity contribution in [3.05, 3.63) is 94.0 Å². The highest BCUT2D eigenvalue weighted by Gasteiger charge is 2.39. The lowest BCUT2D eigenvalue weighted by Gasteiger charge is -2.30. The lowest BCUT2D eigenvalue weighted by molar-refractivity contribution is -0.138. The van der Waals surface area contributed by atoms with Crippen molar-refractivity contribution in [2.45, 2.75) is 105 Å². The van der Waals surface area contributed by atoms with Crippen molar-refractivity contribution in [3.63, 3.8) is 0 Å². The van der Waals surface area contributed by atoms with Gasteiger partial charge >= 0.3 is 12.4 Å². The first kappa shape index (κ1) is 39.6. The molecule has 3 aromatic rings. The lowest BCUT2D eigenvalue weighted by Crippen LogP contribution is -2.39. The largest absolute Gasteiger partial charge is 0.416 e. The average Bonchev–Trinajstić information content (AvgIpc) is 3.57. The Morgan fingerprint density at radius 3 is 1.98 bits per heavy atom. The minimum absolute atomic E-state index is 0.170. The van der Waals surface area contributed by atoms with Crippen molar-refractivity contribution in [1.82, 2.24) is 14.3 Å². The second kappa shape index (κ2) is 15.0. The molecule has 0 bridgehead atoms. The molecular formula is C34H35F8N3O5S2. The van der Waals surface area contributed by atoms with E-state index in [0.29, 0.717) is 86.4 Å². The van der Waals surface area contributed by atoms with E-state index in [-0.39, 0.29) is 12.6 Å². The Balaban J connectivity index is 1.30. The van der Waals surface area contributed by atoms with Crippen LogP contribution in [0.5, 0.6) is 0 Å². The Hall–Kier alpha value is -3.61. The zero-order chi connectivity index (χ0) is 38.2. The minimum atomic E-state index is -4.92. The number of amides is 1. The van der Waals surface area contributed by atoms with Crippen LogP contribution in [-0.4, -0.2) is 39.1 Å². The molecule has 3 aromatic carbocycles. The minimum Gasteiger partial charge on any atom is -0.349 e. The van der Waals surface area contributed by atoms with E-state index in [1.807, 2.05) is 4.72 Å². The predicted molar refractivity (Wildman–Crippen MR) is 172 cm³/mol. The molecule has 0 spiro atoms. The quantitative estimate of drug-likeness (QED) is 0.197. The molecule has 1 saturated carbocycles. The zero-order valence-corrected chi connectivity index (χ0v) is 29.3. The Kier molecular flexibility index (Phi) is 11.4. The molecule has 8 nitrogen and oxygen atoms in total. The number of benzene rings is 3. The molecule has 0 aromatic heterocycles. The summed E-state index contributed by atoms with van der Waals surface area (Å²) in [5.41, 5.74) is -0.703. The molecule has 1 fully saturated rings. The highest BCUT2D eigenvalue weighted by atomic mass is 32.2. The first-order chi connectivity index (χ1) is 24.2. The third kappa shape index (κ3) is 8.94. The van der Waals surface area contributed by atoms with Gasteiger partial charge in [0.25, 0.3) is 0 Å². The standard InChI is InChI=1S/C34H35F8N3O5S2/c1-20(44-51(47,48)30-17-23(33(37,38)39)10-13-27(30)35)15-32(46)43-29-8-4-5-22-16-21(9-12-26(22)29)19-45(25-6-2-3-7-25)52(49,50)31-18-24(34(40,41)42)11-14-28(31)36/h9-14,16-18,20,25,29,44H,2-8,15,19H2,1H3,(H,43,46)/t20-,29+/m0/s1. The summed E-state index contributed by atoms with van der Waals surface area (Å²) in [5, 5.41) is 2.81. The van der Waals surface area contributed by atoms with Gasteiger partial charge in [0.15, 0.2) is 0 Å². The van der Waals surface area contributed by atoms with E-state index in [1.165, 1.54) is 6.92 Å². The number of rotatable bonds is 11. The van der Waals surface area contributed by atoms with Crippen molar-refractivity contribution in [2.75, 3.05) is 0 Å². The molecule has 18 heteroatoms. The van der Waals surface area contributed by atoms with Crippen LogP contribution in [0.1, 0.15) is 85.7 Å². The summed E-state index contributed by atoms with van der Waals surface area (Å²) in [6.45, 7) is 1.05. The van der Waals surface area contributed by atoms with Crippen LogP contribution in [0.15, 0.2) is 64.4 Å². The fourth-order valence-electron chi connectivity index (χ4n) is 6.69. The molecule has 0 heterocycles. The molecule has 2 aliphatic rings. The van der Waals surface area contributed by atoms with Gasteiger partial charge in [-0.3, -0.25) is 4.79 Å². The predicted octanol–water partition coefficient (Wildman–Crippen LogP) is 7.39. The number of alkyl halides is 6. The van der Waals surface area contributed by atoms with Crippen molar-refractivity contribution in [3.8, 4) is 0 Å². The van der Waals surface area contributed by atoms with Crippen LogP contribution in [0.3, 0.4) is 0 Å². The molecule has 2 N–H and O–H groups in total. The summed E-state index contributed by atoms with van der Waals surface area (Å²) in [6, 6.07) is 5.03. The number of hydrogen-bond acceptors (Lipinski definition) is 5. The highest BCUT2D eigenvalue weighted by Crippen LogP contribution is 2.37. The zero-order valence-electron chi connectivity index (χ0n) is 27.6. The van der Waals surface area contributed by atoms with Crippen molar-refractivity contribution in [2.24, 2.45) is 0 Å². The van der Waals surface area contributed by atoms with Crippen molar-refractivity contribution >= 4 is 26.0 Å². The van der Waals surface area contributed by atoms with E-state index >= 15 is 0 Å². The summed E-state index contributed by atoms with van der Waals surface area (Å²) >= 11 is 0. The Morgan fingerprint density at radius 2 is 1.38 bits per heavy atom. The van der Waals surface area contributed by atoms with Crippen LogP contribution in [-0.2, 0) is 50.2 Å². The molecule has 0 radical (unpaired) electrons. The van der Waals surface area contributed by atoms with Gasteiger partial charge in [0.1, 0.15) is 21.4 Å². The maximum absolute atomic E-state index is 14.8. The second-order valence-electron chi connectivity index (χ2n) is 13.0. The van der Waals surface area contributed by atoms with Gasteiger partial charge in [0.2, 0.25) is 26.0 Å². The monoisotopic (exact) mass is 781 g/mol. The van der Waals surface area contributed by atoms with Gasteiger partial charge in [0, 0.05) is 25.0 Å². The molecule has 1 amide bonds. The third-order valence-corrected chi connectivity index (χ3v) is 12.7. The van der Waals surface area contributed by atoms with E-state index in [9.17, 15) is 56.8 Å². The fraction of sp³-hybridized carbons (Fsp3) is 0.441. The van der Waals surface area contributed by atoms with E-state index in [4.69, 9.17) is 0 Å². The topological polar surface area (TPSA) is 113 Å². The lowest BCUT2D eigenvalue weighted by atomic mass is 9.86. The molecule has 2 aliphatic carbocycles. The van der Waals surface area contributed by atoms with Gasteiger partial charge in [-0.15, -0.1) is 0 Å². The van der Waals surface area contributed by atoms with Gasteiger partial charge in [-0.05, 0) is 92.1 Å². The summed E-state index contributed by atoms with van der Waals surface area (Å²) in [6.07, 6.45) is -6.34. The number of fused-ring (bicyclic) bond motifs is 1. The number of aryl methyl sites for hydroxylation is 1. The fourth-order valence-corrected chi connectivity index (χ4v) is 9.80. The number of carbonyl (C=O) groups is 1. The molecule has 52 heavy (non-hydrogen) atoms. The van der Waals surface area contributed by atoms with Crippen LogP contribution < -0.4 is 10.0 Å². The highest BCUT2D eigenvalue weighted by molar-refractivity contribution is 7.89. The Morgan fingerprint density at radius 1 is 0.808 bits per heavy atom. The second-order valence-corrected chi connectivity index (χ2v) is 16.6. The van der Waals surface area contributed by atoms with E-state index in [2.05, 4.69) is 5.32 Å². The number of carbonyl (C=O) groups excluding carboxylic acids is 1. The van der Waals surface area contributed by atoms with Gasteiger partial charge in [-0.1, -0.05) is 31.0 Å². The van der Waals surface area contributed by atoms with Crippen LogP contribution in [0.25, 0.3) is 0 Å². The first-order valence-corrected chi connectivity index (χ1v) is 19.3. The van der Waals surface area contributed by atoms with Gasteiger partial charge in [-0.25, -0.2) is 30.3 Å². The molecule has 0 unspecified atom stereocenters. The third-order valence-electron chi connectivity index (χ3n) is 9.17. The number of nitrogens with zero attached hydrogens (tertiary/aromatic N) is 1. The molecule has 5 rings (SSSR count). The Labute approximate surface area is 295 Å². The number of halogens is 8. The summed E-state index contributed by atoms with van der Waals surface area (Å²) < 4.78 is 165. The van der Waals surface area contributed by atoms with Crippen LogP contribution in [0, 0.1) is 11.6 Å². The molecular weight excluding hydrogens is 747 g/mol. The summed E-state index contributed by atoms with van der Waals surface area (Å²) in [7, 11) is -9.50. The normalized spacial score (nSPS) is 18.0. The first-order valence-electron chi connectivity index (χ1n) is 16.4. The van der Waals surface area contributed by atoms with E-state index < -0.39 is 95.4 Å².